The Labute approximate surface area is 82.2 Å². The highest BCUT2D eigenvalue weighted by molar-refractivity contribution is 5.81. The highest BCUT2D eigenvalue weighted by Gasteiger charge is 2.21. The average molecular weight is 205 g/mol. The van der Waals surface area contributed by atoms with Gasteiger partial charge < -0.3 is 19.9 Å². The van der Waals surface area contributed by atoms with E-state index < -0.39 is 24.7 Å². The summed E-state index contributed by atoms with van der Waals surface area (Å²) < 4.78 is 9.05. The van der Waals surface area contributed by atoms with Gasteiger partial charge in [-0.3, -0.25) is 0 Å². The number of methoxy groups -OCH3 is 1. The van der Waals surface area contributed by atoms with Crippen molar-refractivity contribution in [2.45, 2.75) is 26.0 Å². The Morgan fingerprint density at radius 1 is 1.43 bits per heavy atom. The van der Waals surface area contributed by atoms with Crippen molar-refractivity contribution >= 4 is 12.1 Å². The quantitative estimate of drug-likeness (QED) is 0.613. The number of esters is 1. The van der Waals surface area contributed by atoms with E-state index in [0.29, 0.717) is 0 Å². The van der Waals surface area contributed by atoms with Crippen LogP contribution in [0.1, 0.15) is 13.8 Å². The minimum atomic E-state index is -1.08. The number of aliphatic hydroxyl groups excluding tert-OH is 1. The number of aliphatic hydroxyl groups is 1. The molecule has 0 aromatic heterocycles. The summed E-state index contributed by atoms with van der Waals surface area (Å²) in [5.74, 6) is -0.715. The molecule has 0 heterocycles. The van der Waals surface area contributed by atoms with E-state index in [9.17, 15) is 9.59 Å². The number of amides is 1. The molecule has 0 rings (SSSR count). The minimum Gasteiger partial charge on any atom is -0.467 e. The molecule has 6 nitrogen and oxygen atoms in total. The van der Waals surface area contributed by atoms with Crippen molar-refractivity contribution < 1.29 is 24.2 Å². The van der Waals surface area contributed by atoms with Gasteiger partial charge in [-0.2, -0.15) is 0 Å². The van der Waals surface area contributed by atoms with E-state index in [1.807, 2.05) is 0 Å². The van der Waals surface area contributed by atoms with Crippen molar-refractivity contribution in [3.63, 3.8) is 0 Å². The second-order valence-electron chi connectivity index (χ2n) is 2.86. The van der Waals surface area contributed by atoms with Crippen LogP contribution in [0.5, 0.6) is 0 Å². The maximum atomic E-state index is 11.0. The fourth-order valence-electron chi connectivity index (χ4n) is 0.712. The lowest BCUT2D eigenvalue weighted by Crippen LogP contribution is -2.44. The van der Waals surface area contributed by atoms with Crippen molar-refractivity contribution in [2.24, 2.45) is 0 Å². The summed E-state index contributed by atoms with van der Waals surface area (Å²) in [7, 11) is 1.17. The summed E-state index contributed by atoms with van der Waals surface area (Å²) >= 11 is 0. The molecule has 82 valence electrons. The van der Waals surface area contributed by atoms with Crippen LogP contribution >= 0.6 is 0 Å². The normalized spacial score (nSPS) is 12.1. The van der Waals surface area contributed by atoms with E-state index in [0.717, 1.165) is 0 Å². The van der Waals surface area contributed by atoms with E-state index in [1.165, 1.54) is 7.11 Å². The van der Waals surface area contributed by atoms with Gasteiger partial charge in [0.15, 0.2) is 6.04 Å². The van der Waals surface area contributed by atoms with E-state index in [2.05, 4.69) is 10.1 Å². The molecule has 0 aliphatic heterocycles. The van der Waals surface area contributed by atoms with Gasteiger partial charge in [-0.15, -0.1) is 0 Å². The SMILES string of the molecule is COC(=O)C(CO)NC(=O)OC(C)C. The third-order valence-electron chi connectivity index (χ3n) is 1.30. The molecule has 6 heteroatoms. The maximum Gasteiger partial charge on any atom is 0.408 e. The van der Waals surface area contributed by atoms with Crippen molar-refractivity contribution in [2.75, 3.05) is 13.7 Å². The molecule has 0 saturated heterocycles. The molecule has 0 radical (unpaired) electrons. The monoisotopic (exact) mass is 205 g/mol. The molecule has 0 fully saturated rings. The molecule has 1 amide bonds. The third kappa shape index (κ3) is 4.66. The summed E-state index contributed by atoms with van der Waals surface area (Å²) in [6.07, 6.45) is -1.04. The summed E-state index contributed by atoms with van der Waals surface area (Å²) in [4.78, 5) is 21.9. The highest BCUT2D eigenvalue weighted by atomic mass is 16.6. The molecule has 1 unspecified atom stereocenters. The highest BCUT2D eigenvalue weighted by Crippen LogP contribution is 1.92. The molecule has 0 aromatic rings. The molecule has 0 spiro atoms. The predicted octanol–water partition coefficient (Wildman–Crippen LogP) is -0.345. The van der Waals surface area contributed by atoms with Crippen molar-refractivity contribution in [3.8, 4) is 0 Å². The zero-order valence-electron chi connectivity index (χ0n) is 8.44. The minimum absolute atomic E-state index is 0.285. The fourth-order valence-corrected chi connectivity index (χ4v) is 0.712. The molecule has 14 heavy (non-hydrogen) atoms. The lowest BCUT2D eigenvalue weighted by atomic mass is 10.3. The standard InChI is InChI=1S/C8H15NO5/c1-5(2)14-8(12)9-6(4-10)7(11)13-3/h5-6,10H,4H2,1-3H3,(H,9,12). The summed E-state index contributed by atoms with van der Waals surface area (Å²) in [6.45, 7) is 2.82. The van der Waals surface area contributed by atoms with Gasteiger partial charge in [0.25, 0.3) is 0 Å². The Kier molecular flexibility index (Phi) is 5.62. The largest absolute Gasteiger partial charge is 0.467 e. The van der Waals surface area contributed by atoms with E-state index in [-0.39, 0.29) is 6.10 Å². The van der Waals surface area contributed by atoms with Gasteiger partial charge in [-0.1, -0.05) is 0 Å². The van der Waals surface area contributed by atoms with Gasteiger partial charge in [0.05, 0.1) is 19.8 Å². The Morgan fingerprint density at radius 2 is 2.00 bits per heavy atom. The zero-order valence-corrected chi connectivity index (χ0v) is 8.44. The van der Waals surface area contributed by atoms with Crippen molar-refractivity contribution in [1.29, 1.82) is 0 Å². The smallest absolute Gasteiger partial charge is 0.408 e. The lowest BCUT2D eigenvalue weighted by molar-refractivity contribution is -0.144. The molecule has 0 aromatic carbocycles. The van der Waals surface area contributed by atoms with Crippen LogP contribution in [0.25, 0.3) is 0 Å². The van der Waals surface area contributed by atoms with Crippen LogP contribution in [0, 0.1) is 0 Å². The fraction of sp³-hybridized carbons (Fsp3) is 0.750. The van der Waals surface area contributed by atoms with Gasteiger partial charge in [-0.25, -0.2) is 9.59 Å². The number of carbonyl (C=O) groups is 2. The molecule has 0 aliphatic carbocycles. The van der Waals surface area contributed by atoms with Crippen LogP contribution in [-0.2, 0) is 14.3 Å². The molecule has 0 aliphatic rings. The van der Waals surface area contributed by atoms with Gasteiger partial charge >= 0.3 is 12.1 Å². The van der Waals surface area contributed by atoms with Crippen LogP contribution in [-0.4, -0.2) is 43.0 Å². The second-order valence-corrected chi connectivity index (χ2v) is 2.86. The first-order chi connectivity index (χ1) is 6.51. The van der Waals surface area contributed by atoms with Crippen LogP contribution in [0.4, 0.5) is 4.79 Å². The van der Waals surface area contributed by atoms with Gasteiger partial charge in [0.1, 0.15) is 0 Å². The molecule has 2 N–H and O–H groups in total. The zero-order chi connectivity index (χ0) is 11.1. The third-order valence-corrected chi connectivity index (χ3v) is 1.30. The number of hydrogen-bond donors (Lipinski definition) is 2. The van der Waals surface area contributed by atoms with Crippen LogP contribution in [0.3, 0.4) is 0 Å². The van der Waals surface area contributed by atoms with E-state index >= 15 is 0 Å². The van der Waals surface area contributed by atoms with Gasteiger partial charge in [0.2, 0.25) is 0 Å². The van der Waals surface area contributed by atoms with E-state index in [4.69, 9.17) is 9.84 Å². The first-order valence-corrected chi connectivity index (χ1v) is 4.17. The first kappa shape index (κ1) is 12.7. The summed E-state index contributed by atoms with van der Waals surface area (Å²) in [6, 6.07) is -1.08. The predicted molar refractivity (Wildman–Crippen MR) is 47.6 cm³/mol. The second kappa shape index (κ2) is 6.20. The Morgan fingerprint density at radius 3 is 2.36 bits per heavy atom. The van der Waals surface area contributed by atoms with Crippen LogP contribution in [0.2, 0.25) is 0 Å². The number of carbonyl (C=O) groups excluding carboxylic acids is 2. The van der Waals surface area contributed by atoms with E-state index in [1.54, 1.807) is 13.8 Å². The number of alkyl carbamates (subject to hydrolysis) is 1. The number of nitrogens with one attached hydrogen (secondary N) is 1. The molecule has 0 saturated carbocycles. The topological polar surface area (TPSA) is 84.9 Å². The summed E-state index contributed by atoms with van der Waals surface area (Å²) in [5.41, 5.74) is 0. The maximum absolute atomic E-state index is 11.0. The Bertz CT molecular complexity index is 204. The molecule has 1 atom stereocenters. The first-order valence-electron chi connectivity index (χ1n) is 4.17. The van der Waals surface area contributed by atoms with Crippen molar-refractivity contribution in [3.05, 3.63) is 0 Å². The summed E-state index contributed by atoms with van der Waals surface area (Å²) in [5, 5.41) is 10.9. The number of hydrogen-bond acceptors (Lipinski definition) is 5. The molecular weight excluding hydrogens is 190 g/mol. The van der Waals surface area contributed by atoms with Crippen molar-refractivity contribution in [1.82, 2.24) is 5.32 Å². The Balaban J connectivity index is 4.05. The van der Waals surface area contributed by atoms with Crippen LogP contribution < -0.4 is 5.32 Å². The van der Waals surface area contributed by atoms with Crippen LogP contribution in [0.15, 0.2) is 0 Å². The Hall–Kier alpha value is -1.30. The number of ether oxygens (including phenoxy) is 2. The molecular formula is C8H15NO5. The van der Waals surface area contributed by atoms with Gasteiger partial charge in [-0.05, 0) is 13.8 Å². The molecule has 0 bridgehead atoms. The number of rotatable bonds is 4. The van der Waals surface area contributed by atoms with Gasteiger partial charge in [0, 0.05) is 0 Å². The average Bonchev–Trinajstić information content (AvgIpc) is 2.11. The lowest BCUT2D eigenvalue weighted by Gasteiger charge is -2.15.